The molecule has 1 atom stereocenters. The molecule has 19 heavy (non-hydrogen) atoms. The Labute approximate surface area is 122 Å². The molecule has 1 aliphatic rings. The number of ketones is 1. The van der Waals surface area contributed by atoms with Crippen LogP contribution in [0.3, 0.4) is 0 Å². The third-order valence-electron chi connectivity index (χ3n) is 2.96. The molecule has 5 heteroatoms. The lowest BCUT2D eigenvalue weighted by Crippen LogP contribution is -2.28. The summed E-state index contributed by atoms with van der Waals surface area (Å²) in [4.78, 5) is 16.5. The number of hydrogen-bond acceptors (Lipinski definition) is 4. The average Bonchev–Trinajstić information content (AvgIpc) is 2.37. The molecule has 1 aromatic carbocycles. The molecular formula is C14H15ClN2OS. The lowest BCUT2D eigenvalue weighted by atomic mass is 9.94. The number of nitrogens with one attached hydrogen (secondary N) is 1. The molecule has 1 heterocycles. The molecule has 0 spiro atoms. The van der Waals surface area contributed by atoms with Gasteiger partial charge in [0.15, 0.2) is 11.0 Å². The van der Waals surface area contributed by atoms with E-state index in [2.05, 4.69) is 10.3 Å². The lowest BCUT2D eigenvalue weighted by Gasteiger charge is -2.25. The van der Waals surface area contributed by atoms with Crippen LogP contribution in [0.5, 0.6) is 0 Å². The smallest absolute Gasteiger partial charge is 0.161 e. The highest BCUT2D eigenvalue weighted by Gasteiger charge is 2.26. The molecule has 0 saturated carbocycles. The molecule has 1 aromatic rings. The molecule has 0 aromatic heterocycles. The number of aliphatic imine (C=N–C) groups is 1. The van der Waals surface area contributed by atoms with Gasteiger partial charge in [0.1, 0.15) is 6.04 Å². The molecule has 3 nitrogen and oxygen atoms in total. The fourth-order valence-corrected chi connectivity index (χ4v) is 2.79. The molecule has 0 saturated heterocycles. The van der Waals surface area contributed by atoms with Crippen LogP contribution in [0.25, 0.3) is 0 Å². The van der Waals surface area contributed by atoms with Gasteiger partial charge in [0.05, 0.1) is 0 Å². The van der Waals surface area contributed by atoms with Crippen molar-refractivity contribution in [1.29, 1.82) is 0 Å². The minimum absolute atomic E-state index is 0.0267. The number of Topliss-reactive ketones (excluding diaryl/α,β-unsaturated/α-hetero) is 1. The number of benzene rings is 1. The van der Waals surface area contributed by atoms with E-state index in [9.17, 15) is 4.79 Å². The van der Waals surface area contributed by atoms with Gasteiger partial charge in [-0.2, -0.15) is 0 Å². The van der Waals surface area contributed by atoms with Gasteiger partial charge in [-0.3, -0.25) is 4.79 Å². The predicted molar refractivity (Wildman–Crippen MR) is 81.7 cm³/mol. The summed E-state index contributed by atoms with van der Waals surface area (Å²) in [5, 5.41) is 4.61. The van der Waals surface area contributed by atoms with Gasteiger partial charge in [0.2, 0.25) is 0 Å². The Kier molecular flexibility index (Phi) is 4.32. The molecule has 0 radical (unpaired) electrons. The molecule has 0 amide bonds. The number of rotatable bonds is 2. The number of nitrogens with zero attached hydrogens (tertiary/aromatic N) is 1. The van der Waals surface area contributed by atoms with Crippen LogP contribution in [0.1, 0.15) is 25.5 Å². The second-order valence-electron chi connectivity index (χ2n) is 4.32. The maximum absolute atomic E-state index is 11.9. The van der Waals surface area contributed by atoms with Crippen LogP contribution in [0.15, 0.2) is 40.5 Å². The maximum atomic E-state index is 11.9. The third-order valence-corrected chi connectivity index (χ3v) is 3.78. The van der Waals surface area contributed by atoms with Gasteiger partial charge in [-0.15, -0.1) is 0 Å². The first-order valence-corrected chi connectivity index (χ1v) is 7.49. The van der Waals surface area contributed by atoms with Gasteiger partial charge < -0.3 is 5.32 Å². The number of thioether (sulfide) groups is 1. The standard InChI is InChI=1S/C14H15ClN2OS/c1-8-12(9(2)18)13(17-14(16-8)19-3)10-5-4-6-11(15)7-10/h4-7,13H,1-3H3,(H,16,17). The highest BCUT2D eigenvalue weighted by molar-refractivity contribution is 8.13. The second-order valence-corrected chi connectivity index (χ2v) is 5.55. The molecule has 0 aliphatic carbocycles. The van der Waals surface area contributed by atoms with Gasteiger partial charge in [0, 0.05) is 16.3 Å². The SMILES string of the molecule is CSC1=NC(c2cccc(Cl)c2)C(C(C)=O)=C(C)N1. The van der Waals surface area contributed by atoms with Crippen LogP contribution in [0.2, 0.25) is 5.02 Å². The van der Waals surface area contributed by atoms with Crippen LogP contribution in [0.4, 0.5) is 0 Å². The summed E-state index contributed by atoms with van der Waals surface area (Å²) in [6.07, 6.45) is 1.95. The van der Waals surface area contributed by atoms with Crippen molar-refractivity contribution >= 4 is 34.3 Å². The van der Waals surface area contributed by atoms with E-state index in [0.29, 0.717) is 10.6 Å². The zero-order valence-electron chi connectivity index (χ0n) is 11.0. The number of hydrogen-bond donors (Lipinski definition) is 1. The Morgan fingerprint density at radius 3 is 2.79 bits per heavy atom. The molecule has 0 fully saturated rings. The van der Waals surface area contributed by atoms with Gasteiger partial charge in [0.25, 0.3) is 0 Å². The van der Waals surface area contributed by atoms with Crippen molar-refractivity contribution in [2.45, 2.75) is 19.9 Å². The number of allylic oxidation sites excluding steroid dienone is 1. The van der Waals surface area contributed by atoms with Crippen molar-refractivity contribution < 1.29 is 4.79 Å². The van der Waals surface area contributed by atoms with Gasteiger partial charge in [-0.1, -0.05) is 35.5 Å². The molecule has 1 unspecified atom stereocenters. The van der Waals surface area contributed by atoms with E-state index in [1.54, 1.807) is 6.92 Å². The van der Waals surface area contributed by atoms with E-state index >= 15 is 0 Å². The summed E-state index contributed by atoms with van der Waals surface area (Å²) in [5.41, 5.74) is 2.49. The average molecular weight is 295 g/mol. The van der Waals surface area contributed by atoms with E-state index in [1.807, 2.05) is 37.4 Å². The first-order chi connectivity index (χ1) is 9.02. The van der Waals surface area contributed by atoms with Gasteiger partial charge >= 0.3 is 0 Å². The molecule has 1 aliphatic heterocycles. The maximum Gasteiger partial charge on any atom is 0.161 e. The summed E-state index contributed by atoms with van der Waals surface area (Å²) in [7, 11) is 0. The molecular weight excluding hydrogens is 280 g/mol. The summed E-state index contributed by atoms with van der Waals surface area (Å²) >= 11 is 7.55. The van der Waals surface area contributed by atoms with Crippen molar-refractivity contribution in [2.75, 3.05) is 6.26 Å². The topological polar surface area (TPSA) is 41.5 Å². The van der Waals surface area contributed by atoms with Gasteiger partial charge in [-0.05, 0) is 37.8 Å². The van der Waals surface area contributed by atoms with Crippen molar-refractivity contribution in [2.24, 2.45) is 4.99 Å². The minimum atomic E-state index is -0.278. The highest BCUT2D eigenvalue weighted by Crippen LogP contribution is 2.33. The minimum Gasteiger partial charge on any atom is -0.338 e. The van der Waals surface area contributed by atoms with Crippen molar-refractivity contribution in [1.82, 2.24) is 5.32 Å². The third kappa shape index (κ3) is 3.01. The molecule has 1 N–H and O–H groups in total. The summed E-state index contributed by atoms with van der Waals surface area (Å²) in [5.74, 6) is 0.0267. The number of amidine groups is 1. The van der Waals surface area contributed by atoms with E-state index in [-0.39, 0.29) is 11.8 Å². The number of carbonyl (C=O) groups is 1. The summed E-state index contributed by atoms with van der Waals surface area (Å²) < 4.78 is 0. The van der Waals surface area contributed by atoms with E-state index in [1.165, 1.54) is 11.8 Å². The molecule has 100 valence electrons. The predicted octanol–water partition coefficient (Wildman–Crippen LogP) is 3.57. The fraction of sp³-hybridized carbons (Fsp3) is 0.286. The molecule has 2 rings (SSSR count). The van der Waals surface area contributed by atoms with E-state index < -0.39 is 0 Å². The Bertz CT molecular complexity index is 581. The Balaban J connectivity index is 2.51. The van der Waals surface area contributed by atoms with Crippen molar-refractivity contribution in [3.63, 3.8) is 0 Å². The van der Waals surface area contributed by atoms with E-state index in [0.717, 1.165) is 16.4 Å². The Morgan fingerprint density at radius 2 is 2.21 bits per heavy atom. The molecule has 0 bridgehead atoms. The number of halogens is 1. The quantitative estimate of drug-likeness (QED) is 0.906. The van der Waals surface area contributed by atoms with E-state index in [4.69, 9.17) is 11.6 Å². The van der Waals surface area contributed by atoms with Crippen LogP contribution in [-0.4, -0.2) is 17.2 Å². The lowest BCUT2D eigenvalue weighted by molar-refractivity contribution is -0.113. The van der Waals surface area contributed by atoms with Crippen molar-refractivity contribution in [3.8, 4) is 0 Å². The zero-order valence-corrected chi connectivity index (χ0v) is 12.6. The van der Waals surface area contributed by atoms with Crippen LogP contribution in [-0.2, 0) is 4.79 Å². The Hall–Kier alpha value is -1.26. The largest absolute Gasteiger partial charge is 0.338 e. The monoisotopic (exact) mass is 294 g/mol. The number of carbonyl (C=O) groups excluding carboxylic acids is 1. The Morgan fingerprint density at radius 1 is 1.47 bits per heavy atom. The summed E-state index contributed by atoms with van der Waals surface area (Å²) in [6.45, 7) is 3.47. The van der Waals surface area contributed by atoms with Crippen LogP contribution in [0, 0.1) is 0 Å². The van der Waals surface area contributed by atoms with Gasteiger partial charge in [-0.25, -0.2) is 4.99 Å². The van der Waals surface area contributed by atoms with Crippen LogP contribution < -0.4 is 5.32 Å². The van der Waals surface area contributed by atoms with Crippen LogP contribution >= 0.6 is 23.4 Å². The first-order valence-electron chi connectivity index (χ1n) is 5.89. The first kappa shape index (κ1) is 14.2. The second kappa shape index (κ2) is 5.80. The zero-order chi connectivity index (χ0) is 14.0. The van der Waals surface area contributed by atoms with Crippen molar-refractivity contribution in [3.05, 3.63) is 46.1 Å². The summed E-state index contributed by atoms with van der Waals surface area (Å²) in [6, 6.07) is 7.21. The normalized spacial score (nSPS) is 18.9. The highest BCUT2D eigenvalue weighted by atomic mass is 35.5. The fourth-order valence-electron chi connectivity index (χ4n) is 2.13.